The minimum atomic E-state index is -4.07. The zero-order valence-electron chi connectivity index (χ0n) is 15.5. The lowest BCUT2D eigenvalue weighted by molar-refractivity contribution is -0.137. The van der Waals surface area contributed by atoms with Gasteiger partial charge in [0.2, 0.25) is 10.3 Å². The molecule has 3 rings (SSSR count). The van der Waals surface area contributed by atoms with Crippen molar-refractivity contribution in [1.29, 1.82) is 0 Å². The van der Waals surface area contributed by atoms with Gasteiger partial charge < -0.3 is 4.74 Å². The lowest BCUT2D eigenvalue weighted by atomic mass is 10.1. The second-order valence-electron chi connectivity index (χ2n) is 5.49. The molecule has 0 radical (unpaired) electrons. The van der Waals surface area contributed by atoms with E-state index in [0.717, 1.165) is 28.7 Å². The van der Waals surface area contributed by atoms with Crippen LogP contribution in [0.5, 0.6) is 0 Å². The molecule has 0 saturated carbocycles. The molecule has 0 fully saturated rings. The van der Waals surface area contributed by atoms with Crippen LogP contribution in [-0.4, -0.2) is 53.6 Å². The Morgan fingerprint density at radius 3 is 2.57 bits per heavy atom. The SMILES string of the molecule is COC(=O)CSc1nnc(NS(=O)(=O)c2nnc(NC(=O)c3ccccc3C)s2)s1. The molecule has 1 amide bonds. The van der Waals surface area contributed by atoms with Gasteiger partial charge in [0, 0.05) is 5.56 Å². The number of sulfonamides is 1. The van der Waals surface area contributed by atoms with Gasteiger partial charge in [0.1, 0.15) is 0 Å². The van der Waals surface area contributed by atoms with Crippen molar-refractivity contribution in [1.82, 2.24) is 20.4 Å². The summed E-state index contributed by atoms with van der Waals surface area (Å²) in [6.07, 6.45) is 0. The molecule has 0 atom stereocenters. The van der Waals surface area contributed by atoms with Gasteiger partial charge in [0.15, 0.2) is 4.34 Å². The quantitative estimate of drug-likeness (QED) is 0.274. The van der Waals surface area contributed by atoms with E-state index in [1.54, 1.807) is 31.2 Å². The molecule has 0 bridgehead atoms. The van der Waals surface area contributed by atoms with E-state index >= 15 is 0 Å². The van der Waals surface area contributed by atoms with Crippen LogP contribution >= 0.6 is 34.4 Å². The number of carbonyl (C=O) groups is 2. The fourth-order valence-electron chi connectivity index (χ4n) is 2.01. The molecule has 2 aromatic heterocycles. The molecule has 0 aliphatic carbocycles. The molecule has 3 aromatic rings. The van der Waals surface area contributed by atoms with E-state index in [4.69, 9.17) is 0 Å². The molecule has 158 valence electrons. The monoisotopic (exact) mass is 486 g/mol. The van der Waals surface area contributed by atoms with E-state index in [0.29, 0.717) is 21.2 Å². The first-order chi connectivity index (χ1) is 14.3. The van der Waals surface area contributed by atoms with Crippen LogP contribution in [0.4, 0.5) is 10.3 Å². The Hall–Kier alpha value is -2.62. The van der Waals surface area contributed by atoms with Crippen molar-refractivity contribution < 1.29 is 22.7 Å². The maximum atomic E-state index is 12.5. The number of hydrogen-bond acceptors (Lipinski definition) is 12. The van der Waals surface area contributed by atoms with Crippen LogP contribution in [0.15, 0.2) is 32.9 Å². The van der Waals surface area contributed by atoms with Crippen LogP contribution in [0.1, 0.15) is 15.9 Å². The number of carbonyl (C=O) groups excluding carboxylic acids is 2. The first kappa shape index (κ1) is 22.1. The summed E-state index contributed by atoms with van der Waals surface area (Å²) in [4.78, 5) is 23.5. The van der Waals surface area contributed by atoms with Gasteiger partial charge in [0.05, 0.1) is 12.9 Å². The van der Waals surface area contributed by atoms with Crippen LogP contribution in [0.3, 0.4) is 0 Å². The topological polar surface area (TPSA) is 153 Å². The molecule has 30 heavy (non-hydrogen) atoms. The number of esters is 1. The first-order valence-corrected chi connectivity index (χ1v) is 12.1. The smallest absolute Gasteiger partial charge is 0.316 e. The van der Waals surface area contributed by atoms with E-state index in [-0.39, 0.29) is 20.4 Å². The summed E-state index contributed by atoms with van der Waals surface area (Å²) in [5, 5.41) is 17.4. The van der Waals surface area contributed by atoms with E-state index in [1.807, 2.05) is 0 Å². The van der Waals surface area contributed by atoms with Crippen molar-refractivity contribution in [2.75, 3.05) is 22.9 Å². The summed E-state index contributed by atoms with van der Waals surface area (Å²) in [7, 11) is -2.81. The predicted molar refractivity (Wildman–Crippen MR) is 112 cm³/mol. The third kappa shape index (κ3) is 5.50. The van der Waals surface area contributed by atoms with Gasteiger partial charge in [0.25, 0.3) is 20.3 Å². The van der Waals surface area contributed by atoms with E-state index in [9.17, 15) is 18.0 Å². The Labute approximate surface area is 183 Å². The summed E-state index contributed by atoms with van der Waals surface area (Å²) in [6, 6.07) is 6.96. The van der Waals surface area contributed by atoms with Crippen molar-refractivity contribution in [2.24, 2.45) is 0 Å². The van der Waals surface area contributed by atoms with E-state index in [2.05, 4.69) is 35.2 Å². The maximum absolute atomic E-state index is 12.5. The first-order valence-electron chi connectivity index (χ1n) is 8.05. The molecule has 0 spiro atoms. The van der Waals surface area contributed by atoms with Gasteiger partial charge in [-0.3, -0.25) is 19.6 Å². The highest BCUT2D eigenvalue weighted by Crippen LogP contribution is 2.28. The highest BCUT2D eigenvalue weighted by molar-refractivity contribution is 8.01. The average molecular weight is 487 g/mol. The minimum absolute atomic E-state index is 0.00283. The Morgan fingerprint density at radius 2 is 1.83 bits per heavy atom. The van der Waals surface area contributed by atoms with Crippen LogP contribution in [0.25, 0.3) is 0 Å². The molecule has 0 saturated heterocycles. The normalized spacial score (nSPS) is 11.1. The largest absolute Gasteiger partial charge is 0.468 e. The number of anilines is 2. The van der Waals surface area contributed by atoms with E-state index in [1.165, 1.54) is 7.11 Å². The van der Waals surface area contributed by atoms with Crippen molar-refractivity contribution in [2.45, 2.75) is 15.6 Å². The molecule has 2 N–H and O–H groups in total. The van der Waals surface area contributed by atoms with Crippen LogP contribution in [0, 0.1) is 6.92 Å². The Bertz CT molecular complexity index is 1180. The minimum Gasteiger partial charge on any atom is -0.468 e. The number of aromatic nitrogens is 4. The van der Waals surface area contributed by atoms with Crippen LogP contribution in [-0.2, 0) is 19.6 Å². The molecule has 0 unspecified atom stereocenters. The van der Waals surface area contributed by atoms with Gasteiger partial charge >= 0.3 is 5.97 Å². The van der Waals surface area contributed by atoms with Gasteiger partial charge in [-0.15, -0.1) is 20.4 Å². The second-order valence-corrected chi connectivity index (χ2v) is 10.5. The summed E-state index contributed by atoms with van der Waals surface area (Å²) in [6.45, 7) is 1.79. The fraction of sp³-hybridized carbons (Fsp3) is 0.200. The van der Waals surface area contributed by atoms with Crippen LogP contribution < -0.4 is 10.0 Å². The van der Waals surface area contributed by atoms with Gasteiger partial charge in [-0.2, -0.15) is 8.42 Å². The van der Waals surface area contributed by atoms with Crippen molar-refractivity contribution in [3.63, 3.8) is 0 Å². The number of thioether (sulfide) groups is 1. The summed E-state index contributed by atoms with van der Waals surface area (Å²) in [5.74, 6) is -0.831. The highest BCUT2D eigenvalue weighted by atomic mass is 32.2. The number of amides is 1. The third-order valence-corrected chi connectivity index (χ3v) is 8.04. The Balaban J connectivity index is 1.66. The molecule has 0 aliphatic heterocycles. The van der Waals surface area contributed by atoms with Gasteiger partial charge in [-0.25, -0.2) is 0 Å². The summed E-state index contributed by atoms with van der Waals surface area (Å²) in [5.41, 5.74) is 1.22. The molecular weight excluding hydrogens is 472 g/mol. The Morgan fingerprint density at radius 1 is 1.10 bits per heavy atom. The number of methoxy groups -OCH3 is 1. The lowest BCUT2D eigenvalue weighted by Gasteiger charge is -2.03. The fourth-order valence-corrected chi connectivity index (χ4v) is 5.72. The van der Waals surface area contributed by atoms with Gasteiger partial charge in [-0.1, -0.05) is 52.6 Å². The zero-order valence-corrected chi connectivity index (χ0v) is 18.7. The van der Waals surface area contributed by atoms with Crippen LogP contribution in [0.2, 0.25) is 0 Å². The second kappa shape index (κ2) is 9.46. The van der Waals surface area contributed by atoms with E-state index < -0.39 is 21.9 Å². The molecule has 15 heteroatoms. The number of benzene rings is 1. The lowest BCUT2D eigenvalue weighted by Crippen LogP contribution is -2.13. The van der Waals surface area contributed by atoms with Gasteiger partial charge in [-0.05, 0) is 18.6 Å². The standard InChI is InChI=1S/C15H14N6O5S4/c1-8-5-3-4-6-9(8)11(23)16-12-17-20-15(29-12)30(24,25)21-13-18-19-14(28-13)27-7-10(22)26-2/h3-6H,7H2,1-2H3,(H,18,21)(H,16,17,23). The summed E-state index contributed by atoms with van der Waals surface area (Å²) >= 11 is 2.72. The van der Waals surface area contributed by atoms with Crippen molar-refractivity contribution in [3.05, 3.63) is 35.4 Å². The maximum Gasteiger partial charge on any atom is 0.316 e. The molecular formula is C15H14N6O5S4. The number of nitrogens with zero attached hydrogens (tertiary/aromatic N) is 4. The average Bonchev–Trinajstić information content (AvgIpc) is 3.36. The number of rotatable bonds is 8. The van der Waals surface area contributed by atoms with Crippen molar-refractivity contribution in [3.8, 4) is 0 Å². The summed E-state index contributed by atoms with van der Waals surface area (Å²) < 4.78 is 31.8. The highest BCUT2D eigenvalue weighted by Gasteiger charge is 2.23. The predicted octanol–water partition coefficient (Wildman–Crippen LogP) is 2.02. The zero-order chi connectivity index (χ0) is 21.7. The number of hydrogen-bond donors (Lipinski definition) is 2. The molecule has 2 heterocycles. The Kier molecular flexibility index (Phi) is 6.96. The number of ether oxygens (including phenoxy) is 1. The number of aryl methyl sites for hydroxylation is 1. The molecule has 11 nitrogen and oxygen atoms in total. The third-order valence-electron chi connectivity index (χ3n) is 3.42. The van der Waals surface area contributed by atoms with Crippen molar-refractivity contribution >= 4 is 66.6 Å². The molecule has 1 aromatic carbocycles. The molecule has 0 aliphatic rings. The number of nitrogens with one attached hydrogen (secondary N) is 2.